The summed E-state index contributed by atoms with van der Waals surface area (Å²) in [5, 5.41) is 5.06. The largest absolute Gasteiger partial charge is 0.379 e. The number of hydrogen-bond acceptors (Lipinski definition) is 3. The SMILES string of the molecule is CCN(C(=O)c1cc2ccccc2[nH]1)C12COCC(C1)[C@@H](N[C@@H]1CCc3ccccc31)C2. The Kier molecular flexibility index (Phi) is 4.85. The number of aryl methyl sites for hydroxylation is 1. The van der Waals surface area contributed by atoms with E-state index in [0.717, 1.165) is 43.2 Å². The molecule has 1 aliphatic heterocycles. The molecule has 2 heterocycles. The molecule has 0 spiro atoms. The lowest BCUT2D eigenvalue weighted by atomic mass is 9.92. The Hall–Kier alpha value is -2.63. The van der Waals surface area contributed by atoms with E-state index in [1.165, 1.54) is 11.1 Å². The van der Waals surface area contributed by atoms with E-state index in [0.29, 0.717) is 36.8 Å². The van der Waals surface area contributed by atoms with Crippen LogP contribution in [0.3, 0.4) is 0 Å². The number of fused-ring (bicyclic) bond motifs is 4. The fraction of sp³-hybridized carbons (Fsp3) is 0.444. The van der Waals surface area contributed by atoms with Crippen LogP contribution in [0.25, 0.3) is 10.9 Å². The number of para-hydroxylation sites is 1. The van der Waals surface area contributed by atoms with E-state index in [1.54, 1.807) is 0 Å². The third-order valence-corrected chi connectivity index (χ3v) is 7.96. The zero-order valence-corrected chi connectivity index (χ0v) is 18.6. The molecule has 166 valence electrons. The van der Waals surface area contributed by atoms with E-state index in [4.69, 9.17) is 4.74 Å². The summed E-state index contributed by atoms with van der Waals surface area (Å²) in [4.78, 5) is 19.1. The molecule has 2 N–H and O–H groups in total. The highest BCUT2D eigenvalue weighted by atomic mass is 16.5. The maximum atomic E-state index is 13.7. The van der Waals surface area contributed by atoms with Gasteiger partial charge in [0.15, 0.2) is 0 Å². The molecule has 1 saturated heterocycles. The van der Waals surface area contributed by atoms with Gasteiger partial charge in [-0.2, -0.15) is 0 Å². The average Bonchev–Trinajstić information content (AvgIpc) is 3.49. The quantitative estimate of drug-likeness (QED) is 0.630. The molecule has 1 amide bonds. The molecule has 32 heavy (non-hydrogen) atoms. The van der Waals surface area contributed by atoms with Gasteiger partial charge < -0.3 is 19.9 Å². The van der Waals surface area contributed by atoms with E-state index in [9.17, 15) is 4.79 Å². The molecule has 6 rings (SSSR count). The van der Waals surface area contributed by atoms with Crippen molar-refractivity contribution in [3.8, 4) is 0 Å². The Bertz CT molecular complexity index is 1120. The van der Waals surface area contributed by atoms with Gasteiger partial charge >= 0.3 is 0 Å². The zero-order valence-electron chi connectivity index (χ0n) is 18.6. The Balaban J connectivity index is 1.25. The van der Waals surface area contributed by atoms with Crippen LogP contribution in [0.5, 0.6) is 0 Å². The number of amides is 1. The van der Waals surface area contributed by atoms with Crippen molar-refractivity contribution in [1.29, 1.82) is 0 Å². The second kappa shape index (κ2) is 7.75. The predicted octanol–water partition coefficient (Wildman–Crippen LogP) is 4.45. The minimum atomic E-state index is -0.234. The number of ether oxygens (including phenoxy) is 1. The normalized spacial score (nSPS) is 28.7. The van der Waals surface area contributed by atoms with Gasteiger partial charge in [-0.05, 0) is 55.9 Å². The maximum Gasteiger partial charge on any atom is 0.270 e. The summed E-state index contributed by atoms with van der Waals surface area (Å²) in [7, 11) is 0. The Morgan fingerprint density at radius 2 is 2.03 bits per heavy atom. The highest BCUT2D eigenvalue weighted by Crippen LogP contribution is 2.45. The molecule has 2 aromatic carbocycles. The average molecular weight is 430 g/mol. The third kappa shape index (κ3) is 3.18. The van der Waals surface area contributed by atoms with Gasteiger partial charge in [-0.15, -0.1) is 0 Å². The number of hydrogen-bond donors (Lipinski definition) is 2. The smallest absolute Gasteiger partial charge is 0.270 e. The van der Waals surface area contributed by atoms with Crippen molar-refractivity contribution in [2.75, 3.05) is 19.8 Å². The number of aromatic amines is 1. The molecule has 1 aromatic heterocycles. The standard InChI is InChI=1S/C27H31N3O2/c1-2-30(26(31)24-13-19-8-4-6-10-22(19)28-24)27-14-20(16-32-17-27)25(15-27)29-23-12-11-18-7-3-5-9-21(18)23/h3-10,13,20,23,25,28-29H,2,11-12,14-17H2,1H3/t20?,23-,25+,27?/m1/s1. The lowest BCUT2D eigenvalue weighted by molar-refractivity contribution is -0.0328. The minimum Gasteiger partial charge on any atom is -0.379 e. The van der Waals surface area contributed by atoms with Gasteiger partial charge in [-0.3, -0.25) is 4.79 Å². The molecule has 1 saturated carbocycles. The van der Waals surface area contributed by atoms with Crippen LogP contribution in [0.1, 0.15) is 53.8 Å². The van der Waals surface area contributed by atoms with Crippen LogP contribution < -0.4 is 5.32 Å². The number of carbonyl (C=O) groups is 1. The molecule has 2 unspecified atom stereocenters. The first-order valence-corrected chi connectivity index (χ1v) is 12.0. The molecule has 2 aliphatic carbocycles. The predicted molar refractivity (Wildman–Crippen MR) is 126 cm³/mol. The number of nitrogens with zero attached hydrogens (tertiary/aromatic N) is 1. The van der Waals surface area contributed by atoms with Crippen LogP contribution in [-0.4, -0.2) is 47.1 Å². The van der Waals surface area contributed by atoms with Crippen molar-refractivity contribution in [2.45, 2.75) is 50.2 Å². The first-order chi connectivity index (χ1) is 15.7. The zero-order chi connectivity index (χ0) is 21.7. The summed E-state index contributed by atoms with van der Waals surface area (Å²) in [6.45, 7) is 4.19. The molecular formula is C27H31N3O2. The van der Waals surface area contributed by atoms with Gasteiger partial charge in [0.25, 0.3) is 5.91 Å². The fourth-order valence-electron chi connectivity index (χ4n) is 6.49. The van der Waals surface area contributed by atoms with Crippen LogP contribution in [0, 0.1) is 5.92 Å². The highest BCUT2D eigenvalue weighted by molar-refractivity contribution is 5.98. The number of nitrogens with one attached hydrogen (secondary N) is 2. The van der Waals surface area contributed by atoms with Crippen molar-refractivity contribution in [3.05, 3.63) is 71.4 Å². The second-order valence-electron chi connectivity index (χ2n) is 9.79. The van der Waals surface area contributed by atoms with Crippen molar-refractivity contribution in [3.63, 3.8) is 0 Å². The molecule has 2 bridgehead atoms. The Labute approximate surface area is 189 Å². The molecule has 3 aromatic rings. The maximum absolute atomic E-state index is 13.7. The first kappa shape index (κ1) is 20.0. The molecule has 5 nitrogen and oxygen atoms in total. The fourth-order valence-corrected chi connectivity index (χ4v) is 6.49. The third-order valence-electron chi connectivity index (χ3n) is 7.96. The van der Waals surface area contributed by atoms with E-state index in [1.807, 2.05) is 30.3 Å². The summed E-state index contributed by atoms with van der Waals surface area (Å²) in [6.07, 6.45) is 4.27. The van der Waals surface area contributed by atoms with Crippen molar-refractivity contribution >= 4 is 16.8 Å². The number of likely N-dealkylation sites (N-methyl/N-ethyl adjacent to an activating group) is 1. The second-order valence-corrected chi connectivity index (χ2v) is 9.79. The van der Waals surface area contributed by atoms with Crippen molar-refractivity contribution in [1.82, 2.24) is 15.2 Å². The summed E-state index contributed by atoms with van der Waals surface area (Å²) >= 11 is 0. The molecule has 2 fully saturated rings. The number of rotatable bonds is 5. The summed E-state index contributed by atoms with van der Waals surface area (Å²) in [6, 6.07) is 19.7. The lowest BCUT2D eigenvalue weighted by Crippen LogP contribution is -2.55. The van der Waals surface area contributed by atoms with Crippen LogP contribution in [0.2, 0.25) is 0 Å². The molecule has 5 heteroatoms. The van der Waals surface area contributed by atoms with Crippen molar-refractivity contribution < 1.29 is 9.53 Å². The van der Waals surface area contributed by atoms with Gasteiger partial charge in [-0.1, -0.05) is 42.5 Å². The number of aromatic nitrogens is 1. The number of H-pyrrole nitrogens is 1. The molecule has 0 radical (unpaired) electrons. The number of carbonyl (C=O) groups excluding carboxylic acids is 1. The topological polar surface area (TPSA) is 57.4 Å². The van der Waals surface area contributed by atoms with E-state index in [-0.39, 0.29) is 11.4 Å². The van der Waals surface area contributed by atoms with E-state index in [2.05, 4.69) is 46.4 Å². The summed E-state index contributed by atoms with van der Waals surface area (Å²) < 4.78 is 6.11. The van der Waals surface area contributed by atoms with Gasteiger partial charge in [0.05, 0.1) is 18.8 Å². The van der Waals surface area contributed by atoms with Crippen LogP contribution in [-0.2, 0) is 11.2 Å². The van der Waals surface area contributed by atoms with Crippen LogP contribution >= 0.6 is 0 Å². The Morgan fingerprint density at radius 1 is 1.19 bits per heavy atom. The monoisotopic (exact) mass is 429 g/mol. The lowest BCUT2D eigenvalue weighted by Gasteiger charge is -2.42. The minimum absolute atomic E-state index is 0.0832. The molecular weight excluding hydrogens is 398 g/mol. The van der Waals surface area contributed by atoms with Gasteiger partial charge in [0.1, 0.15) is 5.69 Å². The number of benzene rings is 2. The van der Waals surface area contributed by atoms with Crippen LogP contribution in [0.4, 0.5) is 0 Å². The first-order valence-electron chi connectivity index (χ1n) is 12.0. The highest BCUT2D eigenvalue weighted by Gasteiger charge is 2.53. The van der Waals surface area contributed by atoms with Gasteiger partial charge in [0.2, 0.25) is 0 Å². The van der Waals surface area contributed by atoms with E-state index < -0.39 is 0 Å². The summed E-state index contributed by atoms with van der Waals surface area (Å²) in [5.74, 6) is 0.529. The summed E-state index contributed by atoms with van der Waals surface area (Å²) in [5.41, 5.74) is 4.37. The molecule has 4 atom stereocenters. The van der Waals surface area contributed by atoms with Crippen LogP contribution in [0.15, 0.2) is 54.6 Å². The van der Waals surface area contributed by atoms with Crippen molar-refractivity contribution in [2.24, 2.45) is 5.92 Å². The Morgan fingerprint density at radius 3 is 2.91 bits per heavy atom. The van der Waals surface area contributed by atoms with Gasteiger partial charge in [0, 0.05) is 35.4 Å². The molecule has 3 aliphatic rings. The van der Waals surface area contributed by atoms with E-state index >= 15 is 0 Å². The van der Waals surface area contributed by atoms with Gasteiger partial charge in [-0.25, -0.2) is 0 Å².